The zero-order valence-electron chi connectivity index (χ0n) is 11.3. The van der Waals surface area contributed by atoms with Crippen molar-refractivity contribution in [2.45, 2.75) is 39.8 Å². The number of para-hydroxylation sites is 2. The minimum absolute atomic E-state index is 0.0372. The second kappa shape index (κ2) is 4.80. The fraction of sp³-hybridized carbons (Fsp3) is 0.429. The molecule has 4 heteroatoms. The van der Waals surface area contributed by atoms with Gasteiger partial charge < -0.3 is 9.88 Å². The fourth-order valence-corrected chi connectivity index (χ4v) is 2.28. The van der Waals surface area contributed by atoms with Gasteiger partial charge in [-0.1, -0.05) is 12.1 Å². The van der Waals surface area contributed by atoms with Crippen molar-refractivity contribution >= 4 is 16.9 Å². The molecule has 0 unspecified atom stereocenters. The zero-order valence-corrected chi connectivity index (χ0v) is 11.3. The summed E-state index contributed by atoms with van der Waals surface area (Å²) < 4.78 is 2.18. The molecule has 2 aromatic rings. The average molecular weight is 245 g/mol. The second-order valence-electron chi connectivity index (χ2n) is 4.84. The Kier molecular flexibility index (Phi) is 3.36. The van der Waals surface area contributed by atoms with E-state index in [9.17, 15) is 4.79 Å². The molecule has 96 valence electrons. The van der Waals surface area contributed by atoms with Crippen LogP contribution >= 0.6 is 0 Å². The predicted molar refractivity (Wildman–Crippen MR) is 72.3 cm³/mol. The normalized spacial score (nSPS) is 12.9. The first-order valence-corrected chi connectivity index (χ1v) is 6.24. The van der Waals surface area contributed by atoms with Gasteiger partial charge in [0.15, 0.2) is 0 Å². The summed E-state index contributed by atoms with van der Waals surface area (Å²) in [5.41, 5.74) is 2.08. The summed E-state index contributed by atoms with van der Waals surface area (Å²) in [6.45, 7) is 7.73. The molecule has 1 N–H and O–H groups in total. The number of imidazole rings is 1. The number of hydrogen-bond acceptors (Lipinski definition) is 2. The van der Waals surface area contributed by atoms with Crippen molar-refractivity contribution in [1.29, 1.82) is 0 Å². The lowest BCUT2D eigenvalue weighted by Crippen LogP contribution is -2.26. The van der Waals surface area contributed by atoms with E-state index < -0.39 is 0 Å². The Bertz CT molecular complexity index is 571. The number of hydrogen-bond donors (Lipinski definition) is 1. The van der Waals surface area contributed by atoms with E-state index in [-0.39, 0.29) is 11.9 Å². The van der Waals surface area contributed by atoms with Gasteiger partial charge in [0, 0.05) is 13.0 Å². The van der Waals surface area contributed by atoms with Crippen LogP contribution in [0.1, 0.15) is 45.6 Å². The Morgan fingerprint density at radius 1 is 1.28 bits per heavy atom. The third kappa shape index (κ3) is 2.23. The van der Waals surface area contributed by atoms with E-state index in [1.54, 1.807) is 0 Å². The first-order valence-electron chi connectivity index (χ1n) is 6.24. The molecular formula is C14H19N3O. The van der Waals surface area contributed by atoms with Crippen LogP contribution in [0.3, 0.4) is 0 Å². The predicted octanol–water partition coefficient (Wildman–Crippen LogP) is 2.81. The first kappa shape index (κ1) is 12.6. The van der Waals surface area contributed by atoms with E-state index in [2.05, 4.69) is 34.8 Å². The van der Waals surface area contributed by atoms with Crippen molar-refractivity contribution in [3.63, 3.8) is 0 Å². The van der Waals surface area contributed by atoms with Gasteiger partial charge in [-0.25, -0.2) is 4.98 Å². The van der Waals surface area contributed by atoms with Gasteiger partial charge in [0.05, 0.1) is 17.1 Å². The molecule has 0 saturated carbocycles. The Balaban J connectivity index is 2.55. The van der Waals surface area contributed by atoms with Crippen LogP contribution in [0.5, 0.6) is 0 Å². The summed E-state index contributed by atoms with van der Waals surface area (Å²) in [5, 5.41) is 2.89. The molecule has 18 heavy (non-hydrogen) atoms. The van der Waals surface area contributed by atoms with Gasteiger partial charge in [-0.3, -0.25) is 4.79 Å². The number of fused-ring (bicyclic) bond motifs is 1. The van der Waals surface area contributed by atoms with Gasteiger partial charge >= 0.3 is 0 Å². The molecule has 1 atom stereocenters. The monoisotopic (exact) mass is 245 g/mol. The number of carbonyl (C=O) groups excluding carboxylic acids is 1. The third-order valence-corrected chi connectivity index (χ3v) is 2.95. The molecule has 0 saturated heterocycles. The highest BCUT2D eigenvalue weighted by molar-refractivity contribution is 5.77. The maximum Gasteiger partial charge on any atom is 0.217 e. The molecule has 0 aliphatic rings. The van der Waals surface area contributed by atoms with E-state index >= 15 is 0 Å². The molecule has 4 nitrogen and oxygen atoms in total. The maximum absolute atomic E-state index is 11.2. The molecule has 0 spiro atoms. The number of carbonyl (C=O) groups is 1. The van der Waals surface area contributed by atoms with Gasteiger partial charge in [0.2, 0.25) is 5.91 Å². The maximum atomic E-state index is 11.2. The smallest absolute Gasteiger partial charge is 0.217 e. The summed E-state index contributed by atoms with van der Waals surface area (Å²) in [6.07, 6.45) is 0. The van der Waals surface area contributed by atoms with Crippen LogP contribution in [0.25, 0.3) is 11.0 Å². The van der Waals surface area contributed by atoms with Crippen LogP contribution in [0.2, 0.25) is 0 Å². The van der Waals surface area contributed by atoms with Gasteiger partial charge in [-0.15, -0.1) is 0 Å². The van der Waals surface area contributed by atoms with E-state index in [0.717, 1.165) is 16.9 Å². The minimum atomic E-state index is -0.0858. The molecule has 1 aromatic heterocycles. The largest absolute Gasteiger partial charge is 0.347 e. The number of benzene rings is 1. The molecule has 2 rings (SSSR count). The van der Waals surface area contributed by atoms with Crippen LogP contribution in [-0.2, 0) is 4.79 Å². The fourth-order valence-electron chi connectivity index (χ4n) is 2.28. The van der Waals surface area contributed by atoms with Gasteiger partial charge in [-0.05, 0) is 32.9 Å². The highest BCUT2D eigenvalue weighted by atomic mass is 16.1. The molecule has 0 aliphatic carbocycles. The van der Waals surface area contributed by atoms with Crippen LogP contribution in [0.15, 0.2) is 24.3 Å². The summed E-state index contributed by atoms with van der Waals surface area (Å²) in [7, 11) is 0. The summed E-state index contributed by atoms with van der Waals surface area (Å²) in [4.78, 5) is 15.8. The van der Waals surface area contributed by atoms with Crippen molar-refractivity contribution in [2.24, 2.45) is 0 Å². The second-order valence-corrected chi connectivity index (χ2v) is 4.84. The van der Waals surface area contributed by atoms with E-state index in [4.69, 9.17) is 0 Å². The first-order chi connectivity index (χ1) is 8.50. The molecule has 0 bridgehead atoms. The van der Waals surface area contributed by atoms with E-state index in [1.165, 1.54) is 6.92 Å². The SMILES string of the molecule is CC(=O)N[C@H](C)c1nc2ccccc2n1C(C)C. The number of rotatable bonds is 3. The highest BCUT2D eigenvalue weighted by Gasteiger charge is 2.18. The van der Waals surface area contributed by atoms with Gasteiger partial charge in [0.1, 0.15) is 5.82 Å². The van der Waals surface area contributed by atoms with Crippen LogP contribution < -0.4 is 5.32 Å². The van der Waals surface area contributed by atoms with Crippen molar-refractivity contribution < 1.29 is 4.79 Å². The lowest BCUT2D eigenvalue weighted by molar-refractivity contribution is -0.119. The van der Waals surface area contributed by atoms with Gasteiger partial charge in [-0.2, -0.15) is 0 Å². The average Bonchev–Trinajstić information content (AvgIpc) is 2.67. The Labute approximate surface area is 107 Å². The van der Waals surface area contributed by atoms with Crippen LogP contribution in [0, 0.1) is 0 Å². The van der Waals surface area contributed by atoms with Crippen molar-refractivity contribution in [2.75, 3.05) is 0 Å². The summed E-state index contributed by atoms with van der Waals surface area (Å²) >= 11 is 0. The van der Waals surface area contributed by atoms with E-state index in [1.807, 2.05) is 25.1 Å². The molecule has 0 fully saturated rings. The third-order valence-electron chi connectivity index (χ3n) is 2.95. The molecule has 0 aliphatic heterocycles. The topological polar surface area (TPSA) is 46.9 Å². The summed E-state index contributed by atoms with van der Waals surface area (Å²) in [6, 6.07) is 8.27. The number of nitrogens with zero attached hydrogens (tertiary/aromatic N) is 2. The van der Waals surface area contributed by atoms with Crippen molar-refractivity contribution in [3.05, 3.63) is 30.1 Å². The molecular weight excluding hydrogens is 226 g/mol. The molecule has 0 radical (unpaired) electrons. The van der Waals surface area contributed by atoms with Crippen LogP contribution in [0.4, 0.5) is 0 Å². The Morgan fingerprint density at radius 2 is 1.94 bits per heavy atom. The van der Waals surface area contributed by atoms with Gasteiger partial charge in [0.25, 0.3) is 0 Å². The number of aromatic nitrogens is 2. The number of nitrogens with one attached hydrogen (secondary N) is 1. The minimum Gasteiger partial charge on any atom is -0.347 e. The highest BCUT2D eigenvalue weighted by Crippen LogP contribution is 2.24. The standard InChI is InChI=1S/C14H19N3O/c1-9(2)17-13-8-6-5-7-12(13)16-14(17)10(3)15-11(4)18/h5-10H,1-4H3,(H,15,18)/t10-/m1/s1. The van der Waals surface area contributed by atoms with Crippen molar-refractivity contribution in [3.8, 4) is 0 Å². The molecule has 1 amide bonds. The lowest BCUT2D eigenvalue weighted by atomic mass is 10.2. The Morgan fingerprint density at radius 3 is 2.56 bits per heavy atom. The Hall–Kier alpha value is -1.84. The quantitative estimate of drug-likeness (QED) is 0.903. The van der Waals surface area contributed by atoms with Crippen molar-refractivity contribution in [1.82, 2.24) is 14.9 Å². The molecule has 1 heterocycles. The summed E-state index contributed by atoms with van der Waals surface area (Å²) in [5.74, 6) is 0.867. The van der Waals surface area contributed by atoms with Crippen LogP contribution in [-0.4, -0.2) is 15.5 Å². The van der Waals surface area contributed by atoms with E-state index in [0.29, 0.717) is 6.04 Å². The molecule has 1 aromatic carbocycles. The zero-order chi connectivity index (χ0) is 13.3. The lowest BCUT2D eigenvalue weighted by Gasteiger charge is -2.18. The number of amides is 1.